The molecule has 9 heteroatoms. The van der Waals surface area contributed by atoms with Gasteiger partial charge in [-0.2, -0.15) is 5.26 Å². The average Bonchev–Trinajstić information content (AvgIpc) is 3.07. The van der Waals surface area contributed by atoms with Gasteiger partial charge >= 0.3 is 5.97 Å². The van der Waals surface area contributed by atoms with Crippen LogP contribution in [-0.2, 0) is 16.1 Å². The molecule has 0 atom stereocenters. The van der Waals surface area contributed by atoms with E-state index in [1.165, 1.54) is 12.1 Å². The van der Waals surface area contributed by atoms with Gasteiger partial charge in [0.25, 0.3) is 5.91 Å². The molecule has 176 valence electrons. The standard InChI is InChI=1S/C26H20ClFN4O3/c1-15-16(2)32(13-17-3-7-20(28)8-4-17)25(21(15)12-29)31-24(33)14-35-26(34)19-5-9-22-18(11-19)6-10-23(27)30-22/h3-11H,13-14H2,1-2H3,(H,31,33). The highest BCUT2D eigenvalue weighted by Crippen LogP contribution is 2.27. The molecular weight excluding hydrogens is 471 g/mol. The Labute approximate surface area is 205 Å². The number of carbonyl (C=O) groups is 2. The molecule has 0 fully saturated rings. The summed E-state index contributed by atoms with van der Waals surface area (Å²) in [6.45, 7) is 3.39. The zero-order chi connectivity index (χ0) is 25.1. The summed E-state index contributed by atoms with van der Waals surface area (Å²) in [5, 5.41) is 13.4. The topological polar surface area (TPSA) is 97.0 Å². The lowest BCUT2D eigenvalue weighted by Gasteiger charge is -2.13. The molecular formula is C26H20ClFN4O3. The van der Waals surface area contributed by atoms with E-state index < -0.39 is 18.5 Å². The third-order valence-electron chi connectivity index (χ3n) is 5.68. The lowest BCUT2D eigenvalue weighted by molar-refractivity contribution is -0.119. The monoisotopic (exact) mass is 490 g/mol. The van der Waals surface area contributed by atoms with Crippen molar-refractivity contribution in [3.63, 3.8) is 0 Å². The van der Waals surface area contributed by atoms with Gasteiger partial charge in [0, 0.05) is 17.6 Å². The first-order chi connectivity index (χ1) is 16.8. The van der Waals surface area contributed by atoms with E-state index in [2.05, 4.69) is 16.4 Å². The lowest BCUT2D eigenvalue weighted by Crippen LogP contribution is -2.23. The Morgan fingerprint density at radius 1 is 1.14 bits per heavy atom. The van der Waals surface area contributed by atoms with Crippen LogP contribution in [0.3, 0.4) is 0 Å². The molecule has 0 saturated carbocycles. The minimum atomic E-state index is -0.674. The van der Waals surface area contributed by atoms with E-state index in [1.54, 1.807) is 54.0 Å². The van der Waals surface area contributed by atoms with Crippen molar-refractivity contribution in [3.8, 4) is 6.07 Å². The smallest absolute Gasteiger partial charge is 0.338 e. The first-order valence-corrected chi connectivity index (χ1v) is 11.0. The van der Waals surface area contributed by atoms with E-state index in [1.807, 2.05) is 6.92 Å². The van der Waals surface area contributed by atoms with E-state index in [-0.39, 0.29) is 11.4 Å². The normalized spacial score (nSPS) is 10.7. The molecule has 4 aromatic rings. The number of rotatable bonds is 6. The first kappa shape index (κ1) is 23.9. The number of anilines is 1. The number of aromatic nitrogens is 2. The van der Waals surface area contributed by atoms with Crippen LogP contribution in [0.4, 0.5) is 10.2 Å². The number of hydrogen-bond donors (Lipinski definition) is 1. The molecule has 35 heavy (non-hydrogen) atoms. The van der Waals surface area contributed by atoms with Crippen molar-refractivity contribution >= 4 is 40.2 Å². The summed E-state index contributed by atoms with van der Waals surface area (Å²) in [4.78, 5) is 29.3. The van der Waals surface area contributed by atoms with E-state index >= 15 is 0 Å². The fraction of sp³-hybridized carbons (Fsp3) is 0.154. The molecule has 0 radical (unpaired) electrons. The number of pyridine rings is 1. The Morgan fingerprint density at radius 2 is 1.89 bits per heavy atom. The van der Waals surface area contributed by atoms with E-state index in [4.69, 9.17) is 16.3 Å². The third-order valence-corrected chi connectivity index (χ3v) is 5.89. The summed E-state index contributed by atoms with van der Waals surface area (Å²) >= 11 is 5.88. The number of fused-ring (bicyclic) bond motifs is 1. The largest absolute Gasteiger partial charge is 0.452 e. The number of nitrogens with one attached hydrogen (secondary N) is 1. The zero-order valence-corrected chi connectivity index (χ0v) is 19.7. The minimum absolute atomic E-state index is 0.263. The Balaban J connectivity index is 1.49. The second-order valence-electron chi connectivity index (χ2n) is 7.92. The minimum Gasteiger partial charge on any atom is -0.452 e. The van der Waals surface area contributed by atoms with Crippen molar-refractivity contribution in [3.05, 3.63) is 93.5 Å². The number of nitriles is 1. The molecule has 1 N–H and O–H groups in total. The maximum atomic E-state index is 13.3. The predicted molar refractivity (Wildman–Crippen MR) is 130 cm³/mol. The van der Waals surface area contributed by atoms with Crippen molar-refractivity contribution < 1.29 is 18.7 Å². The molecule has 0 bridgehead atoms. The fourth-order valence-corrected chi connectivity index (χ4v) is 3.86. The molecule has 0 aliphatic carbocycles. The van der Waals surface area contributed by atoms with Crippen molar-refractivity contribution in [2.75, 3.05) is 11.9 Å². The van der Waals surface area contributed by atoms with Gasteiger partial charge in [-0.3, -0.25) is 4.79 Å². The number of halogens is 2. The summed E-state index contributed by atoms with van der Waals surface area (Å²) in [5.41, 5.74) is 3.49. The highest BCUT2D eigenvalue weighted by atomic mass is 35.5. The highest BCUT2D eigenvalue weighted by Gasteiger charge is 2.21. The van der Waals surface area contributed by atoms with Gasteiger partial charge in [-0.15, -0.1) is 0 Å². The number of hydrogen-bond acceptors (Lipinski definition) is 5. The van der Waals surface area contributed by atoms with E-state index in [0.717, 1.165) is 11.3 Å². The summed E-state index contributed by atoms with van der Waals surface area (Å²) in [6, 6.07) is 16.2. The van der Waals surface area contributed by atoms with E-state index in [0.29, 0.717) is 39.5 Å². The number of nitrogens with zero attached hydrogens (tertiary/aromatic N) is 3. The molecule has 0 saturated heterocycles. The number of carbonyl (C=O) groups excluding carboxylic acids is 2. The van der Waals surface area contributed by atoms with Gasteiger partial charge < -0.3 is 14.6 Å². The Kier molecular flexibility index (Phi) is 6.80. The Morgan fingerprint density at radius 3 is 2.60 bits per heavy atom. The Hall–Kier alpha value is -4.22. The molecule has 0 spiro atoms. The van der Waals surface area contributed by atoms with Crippen molar-refractivity contribution in [2.45, 2.75) is 20.4 Å². The number of ether oxygens (including phenoxy) is 1. The van der Waals surface area contributed by atoms with Crippen molar-refractivity contribution in [1.29, 1.82) is 5.26 Å². The molecule has 0 unspecified atom stereocenters. The van der Waals surface area contributed by atoms with Crippen LogP contribution in [0.1, 0.15) is 32.7 Å². The molecule has 2 heterocycles. The van der Waals surface area contributed by atoms with Gasteiger partial charge in [0.05, 0.1) is 16.6 Å². The van der Waals surface area contributed by atoms with Crippen LogP contribution in [0.5, 0.6) is 0 Å². The van der Waals surface area contributed by atoms with E-state index in [9.17, 15) is 19.2 Å². The second kappa shape index (κ2) is 9.95. The predicted octanol–water partition coefficient (Wildman–Crippen LogP) is 5.16. The quantitative estimate of drug-likeness (QED) is 0.297. The highest BCUT2D eigenvalue weighted by molar-refractivity contribution is 6.29. The van der Waals surface area contributed by atoms with Crippen LogP contribution in [0, 0.1) is 31.0 Å². The molecule has 2 aromatic heterocycles. The summed E-state index contributed by atoms with van der Waals surface area (Å²) in [7, 11) is 0. The molecule has 2 aromatic carbocycles. The van der Waals surface area contributed by atoms with Crippen LogP contribution in [-0.4, -0.2) is 28.0 Å². The van der Waals surface area contributed by atoms with Gasteiger partial charge in [-0.1, -0.05) is 23.7 Å². The summed E-state index contributed by atoms with van der Waals surface area (Å²) < 4.78 is 20.2. The van der Waals surface area contributed by atoms with Gasteiger partial charge in [0.1, 0.15) is 22.9 Å². The third kappa shape index (κ3) is 5.15. The van der Waals surface area contributed by atoms with Crippen LogP contribution < -0.4 is 5.32 Å². The molecule has 4 rings (SSSR count). The van der Waals surface area contributed by atoms with Gasteiger partial charge in [0.15, 0.2) is 6.61 Å². The lowest BCUT2D eigenvalue weighted by atomic mass is 10.1. The molecule has 0 aliphatic rings. The summed E-state index contributed by atoms with van der Waals surface area (Å²) in [5.74, 6) is -1.33. The average molecular weight is 491 g/mol. The SMILES string of the molecule is Cc1c(C#N)c(NC(=O)COC(=O)c2ccc3nc(Cl)ccc3c2)n(Cc2ccc(F)cc2)c1C. The zero-order valence-electron chi connectivity index (χ0n) is 18.9. The van der Waals surface area contributed by atoms with Gasteiger partial charge in [-0.05, 0) is 67.4 Å². The molecule has 7 nitrogen and oxygen atoms in total. The van der Waals surface area contributed by atoms with Crippen LogP contribution in [0.25, 0.3) is 10.9 Å². The van der Waals surface area contributed by atoms with Gasteiger partial charge in [0.2, 0.25) is 0 Å². The maximum absolute atomic E-state index is 13.3. The van der Waals surface area contributed by atoms with Crippen LogP contribution in [0.2, 0.25) is 5.15 Å². The molecule has 1 amide bonds. The van der Waals surface area contributed by atoms with Crippen molar-refractivity contribution in [1.82, 2.24) is 9.55 Å². The Bertz CT molecular complexity index is 1490. The second-order valence-corrected chi connectivity index (χ2v) is 8.31. The summed E-state index contributed by atoms with van der Waals surface area (Å²) in [6.07, 6.45) is 0. The first-order valence-electron chi connectivity index (χ1n) is 10.6. The fourth-order valence-electron chi connectivity index (χ4n) is 3.71. The number of amides is 1. The van der Waals surface area contributed by atoms with Gasteiger partial charge in [-0.25, -0.2) is 14.2 Å². The van der Waals surface area contributed by atoms with Crippen molar-refractivity contribution in [2.24, 2.45) is 0 Å². The number of esters is 1. The van der Waals surface area contributed by atoms with Crippen LogP contribution >= 0.6 is 11.6 Å². The van der Waals surface area contributed by atoms with Crippen LogP contribution in [0.15, 0.2) is 54.6 Å². The number of benzene rings is 2. The maximum Gasteiger partial charge on any atom is 0.338 e. The molecule has 0 aliphatic heterocycles.